The molecule has 26 heavy (non-hydrogen) atoms. The maximum Gasteiger partial charge on any atom is 0.327 e. The van der Waals surface area contributed by atoms with E-state index >= 15 is 0 Å². The highest BCUT2D eigenvalue weighted by Crippen LogP contribution is 2.10. The van der Waals surface area contributed by atoms with E-state index in [0.717, 1.165) is 0 Å². The summed E-state index contributed by atoms with van der Waals surface area (Å²) in [5.41, 5.74) is -0.875. The van der Waals surface area contributed by atoms with Crippen LogP contribution in [0.1, 0.15) is 48.3 Å². The van der Waals surface area contributed by atoms with Crippen LogP contribution >= 0.6 is 0 Å². The second-order valence-corrected chi connectivity index (χ2v) is 6.09. The Balaban J connectivity index is 1.58. The fourth-order valence-corrected chi connectivity index (χ4v) is 2.32. The second-order valence-electron chi connectivity index (χ2n) is 6.09. The van der Waals surface area contributed by atoms with Crippen LogP contribution < -0.4 is 16.6 Å². The van der Waals surface area contributed by atoms with E-state index in [1.165, 1.54) is 12.3 Å². The summed E-state index contributed by atoms with van der Waals surface area (Å²) in [7, 11) is 0. The van der Waals surface area contributed by atoms with Gasteiger partial charge in [-0.3, -0.25) is 19.6 Å². The van der Waals surface area contributed by atoms with E-state index in [1.54, 1.807) is 0 Å². The number of amides is 1. The lowest BCUT2D eigenvalue weighted by atomic mass is 10.2. The number of fused-ring (bicyclic) bond motifs is 1. The first-order valence-electron chi connectivity index (χ1n) is 8.17. The summed E-state index contributed by atoms with van der Waals surface area (Å²) in [5, 5.41) is 6.77. The van der Waals surface area contributed by atoms with E-state index < -0.39 is 11.2 Å². The molecule has 0 aliphatic heterocycles. The molecule has 136 valence electrons. The van der Waals surface area contributed by atoms with Crippen molar-refractivity contribution in [3.8, 4) is 0 Å². The fraction of sp³-hybridized carbons (Fsp3) is 0.375. The third-order valence-electron chi connectivity index (χ3n) is 3.71. The topological polar surface area (TPSA) is 147 Å². The van der Waals surface area contributed by atoms with Gasteiger partial charge in [-0.1, -0.05) is 19.0 Å². The molecule has 3 N–H and O–H groups in total. The molecule has 3 heterocycles. The van der Waals surface area contributed by atoms with Gasteiger partial charge in [0.05, 0.1) is 10.9 Å². The van der Waals surface area contributed by atoms with Crippen molar-refractivity contribution in [1.82, 2.24) is 30.4 Å². The normalized spacial score (nSPS) is 11.2. The molecular weight excluding hydrogens is 340 g/mol. The Morgan fingerprint density at radius 1 is 1.31 bits per heavy atom. The van der Waals surface area contributed by atoms with Crippen molar-refractivity contribution in [1.29, 1.82) is 0 Å². The molecule has 0 radical (unpaired) electrons. The minimum Gasteiger partial charge on any atom is -0.352 e. The monoisotopic (exact) mass is 358 g/mol. The number of carbonyl (C=O) groups is 1. The van der Waals surface area contributed by atoms with Crippen LogP contribution in [0.5, 0.6) is 0 Å². The van der Waals surface area contributed by atoms with Gasteiger partial charge in [0.25, 0.3) is 11.5 Å². The molecule has 0 saturated carbocycles. The number of nitrogens with zero attached hydrogens (tertiary/aromatic N) is 3. The summed E-state index contributed by atoms with van der Waals surface area (Å²) >= 11 is 0. The highest BCUT2D eigenvalue weighted by atomic mass is 16.5. The van der Waals surface area contributed by atoms with E-state index in [0.29, 0.717) is 31.1 Å². The van der Waals surface area contributed by atoms with Crippen LogP contribution in [0.3, 0.4) is 0 Å². The van der Waals surface area contributed by atoms with Crippen LogP contribution in [0.15, 0.2) is 26.4 Å². The van der Waals surface area contributed by atoms with Crippen molar-refractivity contribution in [2.75, 3.05) is 6.54 Å². The Morgan fingerprint density at radius 3 is 2.85 bits per heavy atom. The SMILES string of the molecule is CC(C)c1noc(CCCNC(=O)c2cnc3[nH]c(=O)[nH]c(=O)c3c2)n1. The van der Waals surface area contributed by atoms with Gasteiger partial charge in [0.2, 0.25) is 5.89 Å². The third-order valence-corrected chi connectivity index (χ3v) is 3.71. The number of pyridine rings is 1. The zero-order chi connectivity index (χ0) is 18.7. The van der Waals surface area contributed by atoms with Crippen LogP contribution in [-0.2, 0) is 6.42 Å². The predicted octanol–water partition coefficient (Wildman–Crippen LogP) is 0.480. The molecule has 1 amide bonds. The van der Waals surface area contributed by atoms with E-state index in [4.69, 9.17) is 4.52 Å². The van der Waals surface area contributed by atoms with Gasteiger partial charge in [-0.2, -0.15) is 4.98 Å². The number of H-pyrrole nitrogens is 2. The Labute approximate surface area is 147 Å². The van der Waals surface area contributed by atoms with Crippen LogP contribution in [0.25, 0.3) is 11.0 Å². The van der Waals surface area contributed by atoms with Gasteiger partial charge < -0.3 is 9.84 Å². The highest BCUT2D eigenvalue weighted by Gasteiger charge is 2.11. The van der Waals surface area contributed by atoms with E-state index in [2.05, 4.69) is 30.4 Å². The predicted molar refractivity (Wildman–Crippen MR) is 92.0 cm³/mol. The van der Waals surface area contributed by atoms with Crippen molar-refractivity contribution in [3.05, 3.63) is 50.4 Å². The first-order valence-corrected chi connectivity index (χ1v) is 8.17. The number of carbonyl (C=O) groups excluding carboxylic acids is 1. The lowest BCUT2D eigenvalue weighted by Crippen LogP contribution is -2.26. The molecule has 0 bridgehead atoms. The quantitative estimate of drug-likeness (QED) is 0.543. The molecule has 0 aromatic carbocycles. The summed E-state index contributed by atoms with van der Waals surface area (Å²) in [6, 6.07) is 1.39. The van der Waals surface area contributed by atoms with Gasteiger partial charge >= 0.3 is 5.69 Å². The lowest BCUT2D eigenvalue weighted by Gasteiger charge is -2.04. The molecule has 0 aliphatic rings. The Bertz CT molecular complexity index is 1050. The van der Waals surface area contributed by atoms with Gasteiger partial charge in [0.15, 0.2) is 5.82 Å². The molecule has 3 aromatic heterocycles. The van der Waals surface area contributed by atoms with Crippen molar-refractivity contribution in [3.63, 3.8) is 0 Å². The van der Waals surface area contributed by atoms with Crippen molar-refractivity contribution in [2.45, 2.75) is 32.6 Å². The number of hydrogen-bond donors (Lipinski definition) is 3. The van der Waals surface area contributed by atoms with Gasteiger partial charge in [-0.05, 0) is 12.5 Å². The zero-order valence-corrected chi connectivity index (χ0v) is 14.3. The minimum atomic E-state index is -0.645. The average Bonchev–Trinajstić information content (AvgIpc) is 3.07. The standard InChI is InChI=1S/C16H18N6O4/c1-8(2)12-19-11(26-22-12)4-3-5-17-14(23)9-6-10-13(18-7-9)20-16(25)21-15(10)24/h6-8H,3-5H2,1-2H3,(H,17,23)(H2,18,20,21,24,25). The number of nitrogens with one attached hydrogen (secondary N) is 3. The van der Waals surface area contributed by atoms with Gasteiger partial charge in [0.1, 0.15) is 5.65 Å². The molecule has 0 unspecified atom stereocenters. The summed E-state index contributed by atoms with van der Waals surface area (Å²) in [6.07, 6.45) is 2.48. The second kappa shape index (κ2) is 7.30. The largest absolute Gasteiger partial charge is 0.352 e. The molecule has 0 saturated heterocycles. The molecule has 0 aliphatic carbocycles. The maximum atomic E-state index is 12.2. The number of aromatic amines is 2. The van der Waals surface area contributed by atoms with E-state index in [-0.39, 0.29) is 28.4 Å². The summed E-state index contributed by atoms with van der Waals surface area (Å²) in [4.78, 5) is 47.9. The number of aryl methyl sites for hydroxylation is 1. The van der Waals surface area contributed by atoms with Gasteiger partial charge in [0, 0.05) is 25.1 Å². The third kappa shape index (κ3) is 3.85. The van der Waals surface area contributed by atoms with E-state index in [9.17, 15) is 14.4 Å². The van der Waals surface area contributed by atoms with Gasteiger partial charge in [-0.25, -0.2) is 9.78 Å². The molecule has 10 nitrogen and oxygen atoms in total. The van der Waals surface area contributed by atoms with Crippen LogP contribution in [0.2, 0.25) is 0 Å². The number of hydrogen-bond acceptors (Lipinski definition) is 7. The minimum absolute atomic E-state index is 0.132. The molecule has 10 heteroatoms. The Kier molecular flexibility index (Phi) is 4.92. The van der Waals surface area contributed by atoms with E-state index in [1.807, 2.05) is 13.8 Å². The summed E-state index contributed by atoms with van der Waals surface area (Å²) in [5.74, 6) is 1.03. The zero-order valence-electron chi connectivity index (χ0n) is 14.3. The first kappa shape index (κ1) is 17.5. The van der Waals surface area contributed by atoms with Crippen LogP contribution in [0.4, 0.5) is 0 Å². The first-order chi connectivity index (χ1) is 12.4. The highest BCUT2D eigenvalue weighted by molar-refractivity contribution is 5.96. The molecule has 3 rings (SSSR count). The molecule has 0 atom stereocenters. The smallest absolute Gasteiger partial charge is 0.327 e. The maximum absolute atomic E-state index is 12.2. The average molecular weight is 358 g/mol. The molecule has 3 aromatic rings. The van der Waals surface area contributed by atoms with Gasteiger partial charge in [-0.15, -0.1) is 0 Å². The molecular formula is C16H18N6O4. The van der Waals surface area contributed by atoms with Crippen molar-refractivity contribution in [2.24, 2.45) is 0 Å². The van der Waals surface area contributed by atoms with Crippen LogP contribution in [0, 0.1) is 0 Å². The lowest BCUT2D eigenvalue weighted by molar-refractivity contribution is 0.0952. The molecule has 0 fully saturated rings. The fourth-order valence-electron chi connectivity index (χ4n) is 2.32. The Morgan fingerprint density at radius 2 is 2.12 bits per heavy atom. The molecule has 0 spiro atoms. The summed E-state index contributed by atoms with van der Waals surface area (Å²) in [6.45, 7) is 4.36. The van der Waals surface area contributed by atoms with Crippen molar-refractivity contribution >= 4 is 16.9 Å². The van der Waals surface area contributed by atoms with Crippen molar-refractivity contribution < 1.29 is 9.32 Å². The Hall–Kier alpha value is -3.30. The number of rotatable bonds is 6. The van der Waals surface area contributed by atoms with Crippen LogP contribution in [-0.4, -0.2) is 37.5 Å². The summed E-state index contributed by atoms with van der Waals surface area (Å²) < 4.78 is 5.14. The number of aromatic nitrogens is 5.